The third-order valence-electron chi connectivity index (χ3n) is 3.70. The third kappa shape index (κ3) is 4.66. The quantitative estimate of drug-likeness (QED) is 0.465. The Morgan fingerprint density at radius 2 is 1.85 bits per heavy atom. The van der Waals surface area contributed by atoms with Crippen LogP contribution < -0.4 is 4.74 Å². The second-order valence-corrected chi connectivity index (χ2v) is 5.66. The highest BCUT2D eigenvalue weighted by atomic mass is 16.6. The van der Waals surface area contributed by atoms with Crippen molar-refractivity contribution in [2.24, 2.45) is 0 Å². The molecule has 0 aliphatic rings. The van der Waals surface area contributed by atoms with Gasteiger partial charge in [0.1, 0.15) is 5.75 Å². The minimum absolute atomic E-state index is 0.0450. The molecule has 3 rings (SSSR count). The summed E-state index contributed by atoms with van der Waals surface area (Å²) >= 11 is 0. The highest BCUT2D eigenvalue weighted by Crippen LogP contribution is 2.18. The molecule has 1 aromatic heterocycles. The van der Waals surface area contributed by atoms with Crippen LogP contribution in [-0.2, 0) is 11.3 Å². The maximum atomic E-state index is 12.2. The molecule has 9 nitrogen and oxygen atoms in total. The first-order valence-electron chi connectivity index (χ1n) is 8.02. The van der Waals surface area contributed by atoms with Gasteiger partial charge in [-0.2, -0.15) is 0 Å². The van der Waals surface area contributed by atoms with Crippen molar-refractivity contribution >= 4 is 11.6 Å². The van der Waals surface area contributed by atoms with Crippen LogP contribution in [0.25, 0.3) is 11.5 Å². The van der Waals surface area contributed by atoms with Gasteiger partial charge in [0.25, 0.3) is 11.6 Å². The zero-order valence-corrected chi connectivity index (χ0v) is 14.4. The molecule has 0 aliphatic carbocycles. The number of amides is 1. The Bertz CT molecular complexity index is 924. The largest absolute Gasteiger partial charge is 0.484 e. The van der Waals surface area contributed by atoms with Crippen LogP contribution in [0.5, 0.6) is 5.75 Å². The second-order valence-electron chi connectivity index (χ2n) is 5.66. The molecule has 1 amide bonds. The summed E-state index contributed by atoms with van der Waals surface area (Å²) in [6.07, 6.45) is 0. The lowest BCUT2D eigenvalue weighted by Gasteiger charge is -2.15. The molecule has 1 heterocycles. The molecule has 9 heteroatoms. The van der Waals surface area contributed by atoms with Crippen LogP contribution in [0.3, 0.4) is 0 Å². The monoisotopic (exact) mass is 368 g/mol. The molecule has 0 fully saturated rings. The molecular weight excluding hydrogens is 352 g/mol. The van der Waals surface area contributed by atoms with Gasteiger partial charge >= 0.3 is 0 Å². The van der Waals surface area contributed by atoms with Crippen molar-refractivity contribution in [3.8, 4) is 17.2 Å². The number of likely N-dealkylation sites (N-methyl/N-ethyl adjacent to an activating group) is 1. The van der Waals surface area contributed by atoms with E-state index in [9.17, 15) is 14.9 Å². The molecule has 0 bridgehead atoms. The number of nitro groups is 1. The molecule has 0 saturated carbocycles. The van der Waals surface area contributed by atoms with Crippen LogP contribution in [0, 0.1) is 10.1 Å². The number of rotatable bonds is 7. The van der Waals surface area contributed by atoms with Crippen LogP contribution in [0.4, 0.5) is 5.69 Å². The maximum absolute atomic E-state index is 12.2. The average molecular weight is 368 g/mol. The smallest absolute Gasteiger partial charge is 0.269 e. The van der Waals surface area contributed by atoms with Gasteiger partial charge in [-0.15, -0.1) is 10.2 Å². The second kappa shape index (κ2) is 8.09. The normalized spacial score (nSPS) is 10.4. The first-order valence-corrected chi connectivity index (χ1v) is 8.02. The van der Waals surface area contributed by atoms with E-state index in [1.54, 1.807) is 7.05 Å². The molecule has 0 saturated heterocycles. The summed E-state index contributed by atoms with van der Waals surface area (Å²) < 4.78 is 10.9. The fourth-order valence-electron chi connectivity index (χ4n) is 2.23. The van der Waals surface area contributed by atoms with Crippen molar-refractivity contribution in [1.29, 1.82) is 0 Å². The van der Waals surface area contributed by atoms with E-state index in [0.29, 0.717) is 17.5 Å². The number of ether oxygens (including phenoxy) is 1. The lowest BCUT2D eigenvalue weighted by atomic mass is 10.2. The van der Waals surface area contributed by atoms with Crippen LogP contribution in [0.2, 0.25) is 0 Å². The van der Waals surface area contributed by atoms with E-state index in [-0.39, 0.29) is 24.7 Å². The van der Waals surface area contributed by atoms with Crippen molar-refractivity contribution < 1.29 is 18.9 Å². The van der Waals surface area contributed by atoms with Gasteiger partial charge in [0.05, 0.1) is 11.5 Å². The predicted octanol–water partition coefficient (Wildman–Crippen LogP) is 2.68. The number of nitrogens with zero attached hydrogens (tertiary/aromatic N) is 4. The summed E-state index contributed by atoms with van der Waals surface area (Å²) in [5, 5.41) is 18.5. The van der Waals surface area contributed by atoms with Crippen LogP contribution in [-0.4, -0.2) is 39.6 Å². The van der Waals surface area contributed by atoms with E-state index >= 15 is 0 Å². The highest BCUT2D eigenvalue weighted by Gasteiger charge is 2.15. The summed E-state index contributed by atoms with van der Waals surface area (Å²) in [6.45, 7) is -0.0731. The first kappa shape index (κ1) is 18.1. The van der Waals surface area contributed by atoms with Crippen molar-refractivity contribution in [2.45, 2.75) is 6.54 Å². The van der Waals surface area contributed by atoms with Crippen molar-refractivity contribution in [1.82, 2.24) is 15.1 Å². The fourth-order valence-corrected chi connectivity index (χ4v) is 2.23. The lowest BCUT2D eigenvalue weighted by molar-refractivity contribution is -0.384. The molecule has 138 valence electrons. The van der Waals surface area contributed by atoms with Gasteiger partial charge in [-0.25, -0.2) is 0 Å². The molecule has 0 aliphatic heterocycles. The van der Waals surface area contributed by atoms with Gasteiger partial charge in [0.15, 0.2) is 6.61 Å². The number of benzene rings is 2. The summed E-state index contributed by atoms with van der Waals surface area (Å²) in [4.78, 5) is 23.7. The molecule has 0 unspecified atom stereocenters. The number of non-ortho nitro benzene ring substituents is 1. The average Bonchev–Trinajstić information content (AvgIpc) is 3.15. The van der Waals surface area contributed by atoms with Gasteiger partial charge in [-0.05, 0) is 24.3 Å². The number of hydrogen-bond donors (Lipinski definition) is 0. The molecule has 0 radical (unpaired) electrons. The van der Waals surface area contributed by atoms with Gasteiger partial charge in [0, 0.05) is 24.7 Å². The Morgan fingerprint density at radius 3 is 2.52 bits per heavy atom. The Balaban J connectivity index is 1.53. The number of hydrogen-bond acceptors (Lipinski definition) is 7. The highest BCUT2D eigenvalue weighted by molar-refractivity contribution is 5.77. The minimum Gasteiger partial charge on any atom is -0.484 e. The van der Waals surface area contributed by atoms with E-state index in [1.165, 1.54) is 29.2 Å². The maximum Gasteiger partial charge on any atom is 0.269 e. The summed E-state index contributed by atoms with van der Waals surface area (Å²) in [5.41, 5.74) is 0.753. The lowest BCUT2D eigenvalue weighted by Crippen LogP contribution is -2.31. The fraction of sp³-hybridized carbons (Fsp3) is 0.167. The van der Waals surface area contributed by atoms with Gasteiger partial charge in [0.2, 0.25) is 11.8 Å². The SMILES string of the molecule is CN(Cc1nnc(-c2ccccc2)o1)C(=O)COc1ccc([N+](=O)[O-])cc1. The van der Waals surface area contributed by atoms with Gasteiger partial charge in [-0.3, -0.25) is 14.9 Å². The Labute approximate surface area is 154 Å². The Morgan fingerprint density at radius 1 is 1.15 bits per heavy atom. The van der Waals surface area contributed by atoms with Crippen LogP contribution >= 0.6 is 0 Å². The summed E-state index contributed by atoms with van der Waals surface area (Å²) in [6, 6.07) is 14.8. The Hall–Kier alpha value is -3.75. The number of carbonyl (C=O) groups excluding carboxylic acids is 1. The third-order valence-corrected chi connectivity index (χ3v) is 3.70. The van der Waals surface area contributed by atoms with E-state index in [1.807, 2.05) is 30.3 Å². The van der Waals surface area contributed by atoms with E-state index in [0.717, 1.165) is 5.56 Å². The molecule has 0 spiro atoms. The van der Waals surface area contributed by atoms with Crippen molar-refractivity contribution in [2.75, 3.05) is 13.7 Å². The Kier molecular flexibility index (Phi) is 5.41. The number of aromatic nitrogens is 2. The zero-order valence-electron chi connectivity index (χ0n) is 14.4. The molecule has 27 heavy (non-hydrogen) atoms. The van der Waals surface area contributed by atoms with Crippen LogP contribution in [0.1, 0.15) is 5.89 Å². The predicted molar refractivity (Wildman–Crippen MR) is 94.8 cm³/mol. The molecule has 0 atom stereocenters. The van der Waals surface area contributed by atoms with Crippen molar-refractivity contribution in [3.05, 3.63) is 70.6 Å². The molecule has 3 aromatic rings. The summed E-state index contributed by atoms with van der Waals surface area (Å²) in [5.74, 6) is 0.757. The molecular formula is C18H16N4O5. The van der Waals surface area contributed by atoms with E-state index < -0.39 is 4.92 Å². The van der Waals surface area contributed by atoms with Crippen molar-refractivity contribution in [3.63, 3.8) is 0 Å². The first-order chi connectivity index (χ1) is 13.0. The van der Waals surface area contributed by atoms with Gasteiger partial charge in [-0.1, -0.05) is 18.2 Å². The summed E-state index contributed by atoms with van der Waals surface area (Å²) in [7, 11) is 1.59. The van der Waals surface area contributed by atoms with Crippen LogP contribution in [0.15, 0.2) is 59.0 Å². The number of nitro benzene ring substituents is 1. The minimum atomic E-state index is -0.503. The number of carbonyl (C=O) groups is 1. The topological polar surface area (TPSA) is 112 Å². The standard InChI is InChI=1S/C18H16N4O5/c1-21(11-16-19-20-18(27-16)13-5-3-2-4-6-13)17(23)12-26-15-9-7-14(8-10-15)22(24)25/h2-10H,11-12H2,1H3. The molecule has 2 aromatic carbocycles. The zero-order chi connectivity index (χ0) is 19.2. The molecule has 0 N–H and O–H groups in total. The van der Waals surface area contributed by atoms with Gasteiger partial charge < -0.3 is 14.1 Å². The van der Waals surface area contributed by atoms with E-state index in [4.69, 9.17) is 9.15 Å². The van der Waals surface area contributed by atoms with E-state index in [2.05, 4.69) is 10.2 Å².